The van der Waals surface area contributed by atoms with Crippen LogP contribution in [0.15, 0.2) is 42.5 Å². The molecule has 7 heteroatoms. The van der Waals surface area contributed by atoms with Crippen LogP contribution in [0.5, 0.6) is 0 Å². The minimum atomic E-state index is -0.554. The average molecular weight is 346 g/mol. The molecule has 0 aliphatic carbocycles. The molecule has 0 bridgehead atoms. The number of nitrogens with zero attached hydrogens (tertiary/aromatic N) is 4. The molecule has 0 N–H and O–H groups in total. The Bertz CT molecular complexity index is 906. The van der Waals surface area contributed by atoms with Gasteiger partial charge in [0, 0.05) is 17.5 Å². The van der Waals surface area contributed by atoms with Crippen molar-refractivity contribution in [1.29, 1.82) is 0 Å². The molecule has 0 radical (unpaired) electrons. The Kier molecular flexibility index (Phi) is 4.92. The highest BCUT2D eigenvalue weighted by Crippen LogP contribution is 2.16. The Balaban J connectivity index is 1.88. The van der Waals surface area contributed by atoms with Crippen LogP contribution in [0.1, 0.15) is 12.5 Å². The predicted octanol–water partition coefficient (Wildman–Crippen LogP) is 3.92. The minimum Gasteiger partial charge on any atom is -0.280 e. The number of hydrogen-bond donors (Lipinski definition) is 0. The lowest BCUT2D eigenvalue weighted by atomic mass is 10.2. The van der Waals surface area contributed by atoms with Gasteiger partial charge in [-0.05, 0) is 30.8 Å². The summed E-state index contributed by atoms with van der Waals surface area (Å²) in [6, 6.07) is 11.4. The van der Waals surface area contributed by atoms with Crippen LogP contribution in [-0.2, 0) is 13.2 Å². The largest absolute Gasteiger partial charge is 0.280 e. The summed E-state index contributed by atoms with van der Waals surface area (Å²) in [5.74, 6) is -1.11. The summed E-state index contributed by atoms with van der Waals surface area (Å²) >= 11 is 5.46. The third-order valence-corrected chi connectivity index (χ3v) is 4.28. The molecule has 0 aliphatic heterocycles. The molecule has 0 saturated carbocycles. The van der Waals surface area contributed by atoms with Crippen molar-refractivity contribution in [2.75, 3.05) is 6.54 Å². The molecule has 24 heavy (non-hydrogen) atoms. The van der Waals surface area contributed by atoms with E-state index < -0.39 is 11.6 Å². The Labute approximate surface area is 143 Å². The van der Waals surface area contributed by atoms with Gasteiger partial charge < -0.3 is 0 Å². The molecule has 2 aromatic carbocycles. The lowest BCUT2D eigenvalue weighted by Crippen LogP contribution is -2.28. The van der Waals surface area contributed by atoms with E-state index in [9.17, 15) is 8.78 Å². The Morgan fingerprint density at radius 1 is 1.08 bits per heavy atom. The van der Waals surface area contributed by atoms with Crippen LogP contribution in [0.25, 0.3) is 10.9 Å². The highest BCUT2D eigenvalue weighted by atomic mass is 32.1. The second-order valence-electron chi connectivity index (χ2n) is 5.40. The van der Waals surface area contributed by atoms with Crippen molar-refractivity contribution in [3.8, 4) is 0 Å². The zero-order valence-corrected chi connectivity index (χ0v) is 13.9. The smallest absolute Gasteiger partial charge is 0.135 e. The van der Waals surface area contributed by atoms with E-state index in [2.05, 4.69) is 10.3 Å². The van der Waals surface area contributed by atoms with Crippen molar-refractivity contribution in [2.24, 2.45) is 0 Å². The molecule has 124 valence electrons. The number of benzene rings is 2. The van der Waals surface area contributed by atoms with Gasteiger partial charge in [-0.1, -0.05) is 42.6 Å². The van der Waals surface area contributed by atoms with Crippen LogP contribution >= 0.6 is 12.2 Å². The van der Waals surface area contributed by atoms with E-state index in [1.54, 1.807) is 4.68 Å². The van der Waals surface area contributed by atoms with Gasteiger partial charge in [0.1, 0.15) is 16.3 Å². The molecule has 1 aromatic heterocycles. The maximum absolute atomic E-state index is 13.9. The van der Waals surface area contributed by atoms with Gasteiger partial charge in [-0.25, -0.2) is 13.5 Å². The van der Waals surface area contributed by atoms with Gasteiger partial charge in [0.15, 0.2) is 0 Å². The maximum atomic E-state index is 13.9. The van der Waals surface area contributed by atoms with Gasteiger partial charge in [0.25, 0.3) is 0 Å². The van der Waals surface area contributed by atoms with Gasteiger partial charge in [-0.15, -0.1) is 5.10 Å². The van der Waals surface area contributed by atoms with Crippen molar-refractivity contribution in [1.82, 2.24) is 19.9 Å². The number of hydrogen-bond acceptors (Lipinski definition) is 4. The molecule has 0 atom stereocenters. The number of rotatable bonds is 5. The predicted molar refractivity (Wildman–Crippen MR) is 90.8 cm³/mol. The Hall–Kier alpha value is -2.25. The van der Waals surface area contributed by atoms with Crippen LogP contribution in [0.3, 0.4) is 0 Å². The molecule has 0 amide bonds. The first kappa shape index (κ1) is 16.6. The molecule has 3 rings (SSSR count). The molecule has 3 aromatic rings. The van der Waals surface area contributed by atoms with Crippen LogP contribution < -0.4 is 0 Å². The fraction of sp³-hybridized carbons (Fsp3) is 0.235. The SMILES string of the molecule is CCN(Cc1c(F)cccc1F)Cn1nnc2ccccc2c1=S. The summed E-state index contributed by atoms with van der Waals surface area (Å²) in [6.45, 7) is 2.94. The quantitative estimate of drug-likeness (QED) is 0.656. The van der Waals surface area contributed by atoms with Crippen LogP contribution in [0, 0.1) is 16.3 Å². The lowest BCUT2D eigenvalue weighted by Gasteiger charge is -2.21. The second-order valence-corrected chi connectivity index (χ2v) is 5.78. The minimum absolute atomic E-state index is 0.0413. The van der Waals surface area contributed by atoms with E-state index in [-0.39, 0.29) is 12.1 Å². The first-order valence-electron chi connectivity index (χ1n) is 7.58. The molecule has 0 spiro atoms. The summed E-state index contributed by atoms with van der Waals surface area (Å²) < 4.78 is 29.8. The van der Waals surface area contributed by atoms with Gasteiger partial charge >= 0.3 is 0 Å². The summed E-state index contributed by atoms with van der Waals surface area (Å²) in [5, 5.41) is 9.09. The fourth-order valence-corrected chi connectivity index (χ4v) is 2.74. The summed E-state index contributed by atoms with van der Waals surface area (Å²) in [5.41, 5.74) is 0.765. The number of aromatic nitrogens is 3. The lowest BCUT2D eigenvalue weighted by molar-refractivity contribution is 0.198. The third kappa shape index (κ3) is 3.32. The first-order valence-corrected chi connectivity index (χ1v) is 7.98. The highest BCUT2D eigenvalue weighted by Gasteiger charge is 2.14. The molecule has 0 unspecified atom stereocenters. The Morgan fingerprint density at radius 2 is 1.79 bits per heavy atom. The van der Waals surface area contributed by atoms with Crippen molar-refractivity contribution in [3.63, 3.8) is 0 Å². The molecule has 4 nitrogen and oxygen atoms in total. The van der Waals surface area contributed by atoms with E-state index >= 15 is 0 Å². The van der Waals surface area contributed by atoms with Crippen LogP contribution in [-0.4, -0.2) is 26.4 Å². The van der Waals surface area contributed by atoms with E-state index in [1.165, 1.54) is 18.2 Å². The summed E-state index contributed by atoms with van der Waals surface area (Å²) in [4.78, 5) is 1.85. The van der Waals surface area contributed by atoms with Gasteiger partial charge in [0.05, 0.1) is 12.2 Å². The van der Waals surface area contributed by atoms with Crippen molar-refractivity contribution in [3.05, 3.63) is 64.3 Å². The van der Waals surface area contributed by atoms with E-state index in [1.807, 2.05) is 36.1 Å². The average Bonchev–Trinajstić information content (AvgIpc) is 2.59. The number of halogens is 2. The highest BCUT2D eigenvalue weighted by molar-refractivity contribution is 7.71. The molecule has 0 aliphatic rings. The van der Waals surface area contributed by atoms with Crippen LogP contribution in [0.4, 0.5) is 8.78 Å². The van der Waals surface area contributed by atoms with Crippen LogP contribution in [0.2, 0.25) is 0 Å². The molecule has 0 saturated heterocycles. The van der Waals surface area contributed by atoms with E-state index in [0.29, 0.717) is 17.9 Å². The maximum Gasteiger partial charge on any atom is 0.135 e. The number of fused-ring (bicyclic) bond motifs is 1. The van der Waals surface area contributed by atoms with Crippen molar-refractivity contribution >= 4 is 23.1 Å². The van der Waals surface area contributed by atoms with Crippen molar-refractivity contribution < 1.29 is 8.78 Å². The monoisotopic (exact) mass is 346 g/mol. The molecular formula is C17H16F2N4S. The zero-order valence-electron chi connectivity index (χ0n) is 13.1. The van der Waals surface area contributed by atoms with Gasteiger partial charge in [-0.2, -0.15) is 0 Å². The van der Waals surface area contributed by atoms with Gasteiger partial charge in [-0.3, -0.25) is 4.90 Å². The third-order valence-electron chi connectivity index (χ3n) is 3.85. The second kappa shape index (κ2) is 7.11. The summed E-state index contributed by atoms with van der Waals surface area (Å²) in [7, 11) is 0. The summed E-state index contributed by atoms with van der Waals surface area (Å²) in [6.07, 6.45) is 0. The van der Waals surface area contributed by atoms with Gasteiger partial charge in [0.2, 0.25) is 0 Å². The topological polar surface area (TPSA) is 34.0 Å². The fourth-order valence-electron chi connectivity index (χ4n) is 2.47. The molecule has 0 fully saturated rings. The van der Waals surface area contributed by atoms with Crippen molar-refractivity contribution in [2.45, 2.75) is 20.1 Å². The van der Waals surface area contributed by atoms with E-state index in [0.717, 1.165) is 10.9 Å². The molecular weight excluding hydrogens is 330 g/mol. The van der Waals surface area contributed by atoms with E-state index in [4.69, 9.17) is 12.2 Å². The first-order chi connectivity index (χ1) is 11.6. The Morgan fingerprint density at radius 3 is 2.50 bits per heavy atom. The molecule has 1 heterocycles. The standard InChI is InChI=1S/C17H16F2N4S/c1-2-22(10-13-14(18)7-5-8-15(13)19)11-23-17(24)12-6-3-4-9-16(12)20-21-23/h3-9H,2,10-11H2,1H3. The normalized spacial score (nSPS) is 11.3. The zero-order chi connectivity index (χ0) is 17.1.